The average molecular weight is 277 g/mol. The molecule has 0 saturated carbocycles. The Labute approximate surface area is 112 Å². The molecule has 6 heteroatoms. The van der Waals surface area contributed by atoms with Crippen LogP contribution in [0, 0.1) is 0 Å². The Hall–Kier alpha value is -2.08. The van der Waals surface area contributed by atoms with Crippen LogP contribution in [0.1, 0.15) is 5.56 Å². The van der Waals surface area contributed by atoms with Crippen LogP contribution in [-0.4, -0.2) is 24.5 Å². The molecular formula is C13H15N3O2S. The molecule has 0 aliphatic rings. The minimum atomic E-state index is -3.18. The van der Waals surface area contributed by atoms with Crippen LogP contribution in [-0.2, 0) is 16.4 Å². The first-order valence-electron chi connectivity index (χ1n) is 5.68. The van der Waals surface area contributed by atoms with Gasteiger partial charge in [0, 0.05) is 36.4 Å². The van der Waals surface area contributed by atoms with Gasteiger partial charge in [-0.2, -0.15) is 5.10 Å². The highest BCUT2D eigenvalue weighted by molar-refractivity contribution is 7.90. The number of benzene rings is 1. The minimum absolute atomic E-state index is 0.305. The molecule has 0 aliphatic carbocycles. The first-order chi connectivity index (χ1) is 8.99. The molecule has 0 saturated heterocycles. The van der Waals surface area contributed by atoms with Crippen molar-refractivity contribution in [3.05, 3.63) is 48.8 Å². The maximum absolute atomic E-state index is 11.4. The smallest absolute Gasteiger partial charge is 0.175 e. The third-order valence-corrected chi connectivity index (χ3v) is 3.71. The van der Waals surface area contributed by atoms with E-state index in [1.54, 1.807) is 35.3 Å². The molecule has 2 aromatic rings. The van der Waals surface area contributed by atoms with Crippen molar-refractivity contribution < 1.29 is 8.42 Å². The maximum Gasteiger partial charge on any atom is 0.175 e. The van der Waals surface area contributed by atoms with Crippen LogP contribution >= 0.6 is 0 Å². The normalized spacial score (nSPS) is 11.2. The van der Waals surface area contributed by atoms with E-state index in [1.165, 1.54) is 6.26 Å². The zero-order valence-electron chi connectivity index (χ0n) is 10.6. The van der Waals surface area contributed by atoms with Crippen LogP contribution < -0.4 is 5.32 Å². The van der Waals surface area contributed by atoms with Crippen LogP contribution in [0.15, 0.2) is 48.1 Å². The van der Waals surface area contributed by atoms with E-state index in [0.717, 1.165) is 11.3 Å². The van der Waals surface area contributed by atoms with Crippen LogP contribution in [0.3, 0.4) is 0 Å². The first-order valence-corrected chi connectivity index (χ1v) is 7.58. The molecule has 0 spiro atoms. The second-order valence-electron chi connectivity index (χ2n) is 4.16. The molecule has 100 valence electrons. The standard InChI is InChI=1S/C13H15N3O2S/c1-3-16-10-11(9-15-16)8-14-12-5-4-6-13(7-12)19(2,17)18/h3-7,9-10,14H,1,8H2,2H3. The Bertz CT molecular complexity index is 689. The van der Waals surface area contributed by atoms with Crippen molar-refractivity contribution in [3.8, 4) is 0 Å². The highest BCUT2D eigenvalue weighted by Gasteiger charge is 2.07. The summed E-state index contributed by atoms with van der Waals surface area (Å²) in [6.07, 6.45) is 6.38. The quantitative estimate of drug-likeness (QED) is 0.908. The third kappa shape index (κ3) is 3.45. The lowest BCUT2D eigenvalue weighted by atomic mass is 10.3. The lowest BCUT2D eigenvalue weighted by Crippen LogP contribution is -2.01. The SMILES string of the molecule is C=Cn1cc(CNc2cccc(S(C)(=O)=O)c2)cn1. The molecule has 0 aliphatic heterocycles. The lowest BCUT2D eigenvalue weighted by molar-refractivity contribution is 0.602. The summed E-state index contributed by atoms with van der Waals surface area (Å²) in [5.41, 5.74) is 1.75. The topological polar surface area (TPSA) is 64.0 Å². The lowest BCUT2D eigenvalue weighted by Gasteiger charge is -2.06. The van der Waals surface area contributed by atoms with Gasteiger partial charge in [0.25, 0.3) is 0 Å². The van der Waals surface area contributed by atoms with Crippen molar-refractivity contribution in [2.24, 2.45) is 0 Å². The van der Waals surface area contributed by atoms with Crippen molar-refractivity contribution in [2.45, 2.75) is 11.4 Å². The Kier molecular flexibility index (Phi) is 3.71. The largest absolute Gasteiger partial charge is 0.381 e. The second-order valence-corrected chi connectivity index (χ2v) is 6.18. The van der Waals surface area contributed by atoms with Gasteiger partial charge in [-0.3, -0.25) is 0 Å². The highest BCUT2D eigenvalue weighted by atomic mass is 32.2. The summed E-state index contributed by atoms with van der Waals surface area (Å²) < 4.78 is 24.5. The molecule has 0 atom stereocenters. The number of aromatic nitrogens is 2. The van der Waals surface area contributed by atoms with Gasteiger partial charge in [-0.05, 0) is 18.2 Å². The van der Waals surface area contributed by atoms with Crippen LogP contribution in [0.25, 0.3) is 6.20 Å². The number of hydrogen-bond acceptors (Lipinski definition) is 4. The number of nitrogens with one attached hydrogen (secondary N) is 1. The highest BCUT2D eigenvalue weighted by Crippen LogP contribution is 2.16. The van der Waals surface area contributed by atoms with Gasteiger partial charge in [0.2, 0.25) is 0 Å². The van der Waals surface area contributed by atoms with Gasteiger partial charge in [-0.1, -0.05) is 12.6 Å². The fourth-order valence-corrected chi connectivity index (χ4v) is 2.28. The van der Waals surface area contributed by atoms with Crippen LogP contribution in [0.2, 0.25) is 0 Å². The van der Waals surface area contributed by atoms with Crippen molar-refractivity contribution in [2.75, 3.05) is 11.6 Å². The molecule has 2 rings (SSSR count). The summed E-state index contributed by atoms with van der Waals surface area (Å²) in [5, 5.41) is 7.23. The van der Waals surface area contributed by atoms with Crippen LogP contribution in [0.5, 0.6) is 0 Å². The molecule has 1 heterocycles. The molecule has 0 fully saturated rings. The Morgan fingerprint density at radius 1 is 1.47 bits per heavy atom. The van der Waals surface area contributed by atoms with Gasteiger partial charge in [0.1, 0.15) is 0 Å². The van der Waals surface area contributed by atoms with E-state index >= 15 is 0 Å². The fourth-order valence-electron chi connectivity index (χ4n) is 1.61. The molecular weight excluding hydrogens is 262 g/mol. The van der Waals surface area contributed by atoms with E-state index in [-0.39, 0.29) is 0 Å². The third-order valence-electron chi connectivity index (χ3n) is 2.60. The minimum Gasteiger partial charge on any atom is -0.381 e. The predicted molar refractivity (Wildman–Crippen MR) is 75.5 cm³/mol. The van der Waals surface area contributed by atoms with Crippen molar-refractivity contribution in [1.29, 1.82) is 0 Å². The summed E-state index contributed by atoms with van der Waals surface area (Å²) >= 11 is 0. The summed E-state index contributed by atoms with van der Waals surface area (Å²) in [4.78, 5) is 0.305. The number of nitrogens with zero attached hydrogens (tertiary/aromatic N) is 2. The van der Waals surface area contributed by atoms with Crippen molar-refractivity contribution in [3.63, 3.8) is 0 Å². The van der Waals surface area contributed by atoms with Gasteiger partial charge < -0.3 is 5.32 Å². The molecule has 5 nitrogen and oxygen atoms in total. The van der Waals surface area contributed by atoms with E-state index in [9.17, 15) is 8.42 Å². The summed E-state index contributed by atoms with van der Waals surface area (Å²) in [6, 6.07) is 6.74. The Balaban J connectivity index is 2.09. The average Bonchev–Trinajstić information content (AvgIpc) is 2.84. The number of anilines is 1. The van der Waals surface area contributed by atoms with E-state index in [0.29, 0.717) is 11.4 Å². The van der Waals surface area contributed by atoms with E-state index in [1.807, 2.05) is 12.3 Å². The fraction of sp³-hybridized carbons (Fsp3) is 0.154. The van der Waals surface area contributed by atoms with E-state index in [4.69, 9.17) is 0 Å². The second kappa shape index (κ2) is 5.27. The van der Waals surface area contributed by atoms with Gasteiger partial charge in [-0.25, -0.2) is 13.1 Å². The van der Waals surface area contributed by atoms with Gasteiger partial charge in [0.05, 0.1) is 11.1 Å². The Morgan fingerprint density at radius 2 is 2.26 bits per heavy atom. The van der Waals surface area contributed by atoms with Gasteiger partial charge in [0.15, 0.2) is 9.84 Å². The number of hydrogen-bond donors (Lipinski definition) is 1. The molecule has 0 unspecified atom stereocenters. The molecule has 19 heavy (non-hydrogen) atoms. The van der Waals surface area contributed by atoms with E-state index < -0.39 is 9.84 Å². The number of sulfone groups is 1. The first kappa shape index (κ1) is 13.4. The monoisotopic (exact) mass is 277 g/mol. The van der Waals surface area contributed by atoms with E-state index in [2.05, 4.69) is 17.0 Å². The summed E-state index contributed by atoms with van der Waals surface area (Å²) in [5.74, 6) is 0. The Morgan fingerprint density at radius 3 is 2.89 bits per heavy atom. The van der Waals surface area contributed by atoms with Crippen LogP contribution in [0.4, 0.5) is 5.69 Å². The molecule has 0 bridgehead atoms. The zero-order chi connectivity index (χ0) is 13.9. The van der Waals surface area contributed by atoms with Crippen molar-refractivity contribution >= 4 is 21.7 Å². The molecule has 1 N–H and O–H groups in total. The summed E-state index contributed by atoms with van der Waals surface area (Å²) in [6.45, 7) is 4.19. The zero-order valence-corrected chi connectivity index (χ0v) is 11.4. The van der Waals surface area contributed by atoms with Gasteiger partial charge >= 0.3 is 0 Å². The molecule has 1 aromatic heterocycles. The molecule has 1 aromatic carbocycles. The van der Waals surface area contributed by atoms with Crippen molar-refractivity contribution in [1.82, 2.24) is 9.78 Å². The maximum atomic E-state index is 11.4. The van der Waals surface area contributed by atoms with Gasteiger partial charge in [-0.15, -0.1) is 0 Å². The molecule has 0 radical (unpaired) electrons. The summed E-state index contributed by atoms with van der Waals surface area (Å²) in [7, 11) is -3.18. The molecule has 0 amide bonds. The number of rotatable bonds is 5. The predicted octanol–water partition coefficient (Wildman–Crippen LogP) is 2.00.